The fraction of sp³-hybridized carbons (Fsp3) is 0.158. The smallest absolute Gasteiger partial charge is 0.260 e. The summed E-state index contributed by atoms with van der Waals surface area (Å²) in [5.74, 6) is -0.646. The minimum atomic E-state index is -0.453. The molecule has 3 aromatic rings. The molecule has 2 heterocycles. The number of hydrogen-bond donors (Lipinski definition) is 3. The molecule has 0 amide bonds. The molecule has 0 radical (unpaired) electrons. The van der Waals surface area contributed by atoms with E-state index in [0.29, 0.717) is 12.2 Å². The SMILES string of the molecule is O=c1[nH]c(=S)n(-c2ccc(F)cc2)c(O)c1[C@@H]1NCCc2ccccc21. The Morgan fingerprint density at radius 3 is 2.65 bits per heavy atom. The van der Waals surface area contributed by atoms with Gasteiger partial charge in [0.25, 0.3) is 5.56 Å². The van der Waals surface area contributed by atoms with Gasteiger partial charge < -0.3 is 10.4 Å². The van der Waals surface area contributed by atoms with Gasteiger partial charge in [-0.05, 0) is 54.0 Å². The lowest BCUT2D eigenvalue weighted by Crippen LogP contribution is -2.35. The van der Waals surface area contributed by atoms with Gasteiger partial charge in [0.15, 0.2) is 4.77 Å². The Hall–Kier alpha value is -2.77. The van der Waals surface area contributed by atoms with Crippen LogP contribution in [0.15, 0.2) is 53.3 Å². The number of benzene rings is 2. The highest BCUT2D eigenvalue weighted by Gasteiger charge is 2.28. The largest absolute Gasteiger partial charge is 0.494 e. The van der Waals surface area contributed by atoms with Crippen LogP contribution >= 0.6 is 12.2 Å². The van der Waals surface area contributed by atoms with Crippen molar-refractivity contribution in [2.24, 2.45) is 0 Å². The van der Waals surface area contributed by atoms with E-state index in [1.165, 1.54) is 28.8 Å². The standard InChI is InChI=1S/C19H16FN3O2S/c20-12-5-7-13(8-6-12)23-18(25)15(17(24)22-19(23)26)16-14-4-2-1-3-11(14)9-10-21-16/h1-8,16,21,25H,9-10H2,(H,22,24,26)/t16-/m1/s1. The highest BCUT2D eigenvalue weighted by molar-refractivity contribution is 7.71. The average molecular weight is 369 g/mol. The van der Waals surface area contributed by atoms with Crippen molar-refractivity contribution in [2.45, 2.75) is 12.5 Å². The van der Waals surface area contributed by atoms with E-state index in [9.17, 15) is 14.3 Å². The van der Waals surface area contributed by atoms with Gasteiger partial charge >= 0.3 is 0 Å². The Balaban J connectivity index is 1.94. The summed E-state index contributed by atoms with van der Waals surface area (Å²) in [5, 5.41) is 14.2. The molecule has 5 nitrogen and oxygen atoms in total. The van der Waals surface area contributed by atoms with Crippen LogP contribution in [0.4, 0.5) is 4.39 Å². The summed E-state index contributed by atoms with van der Waals surface area (Å²) >= 11 is 5.21. The van der Waals surface area contributed by atoms with Crippen LogP contribution in [0.5, 0.6) is 5.88 Å². The predicted molar refractivity (Wildman–Crippen MR) is 98.8 cm³/mol. The Bertz CT molecular complexity index is 1090. The summed E-state index contributed by atoms with van der Waals surface area (Å²) in [6, 6.07) is 12.9. The summed E-state index contributed by atoms with van der Waals surface area (Å²) in [6.07, 6.45) is 0.850. The number of hydrogen-bond acceptors (Lipinski definition) is 4. The Labute approximate surface area is 153 Å². The molecule has 7 heteroatoms. The molecule has 1 aromatic heterocycles. The zero-order chi connectivity index (χ0) is 18.3. The highest BCUT2D eigenvalue weighted by Crippen LogP contribution is 2.32. The molecule has 1 atom stereocenters. The lowest BCUT2D eigenvalue weighted by Gasteiger charge is -2.27. The van der Waals surface area contributed by atoms with Crippen LogP contribution in [0.3, 0.4) is 0 Å². The number of H-pyrrole nitrogens is 1. The van der Waals surface area contributed by atoms with Crippen LogP contribution in [0.25, 0.3) is 5.69 Å². The summed E-state index contributed by atoms with van der Waals surface area (Å²) in [7, 11) is 0. The number of aromatic hydroxyl groups is 1. The van der Waals surface area contributed by atoms with E-state index in [0.717, 1.165) is 17.5 Å². The molecule has 2 aromatic carbocycles. The van der Waals surface area contributed by atoms with Gasteiger partial charge in [-0.1, -0.05) is 24.3 Å². The van der Waals surface area contributed by atoms with Crippen LogP contribution in [-0.4, -0.2) is 21.2 Å². The first-order valence-electron chi connectivity index (χ1n) is 8.21. The first-order chi connectivity index (χ1) is 12.6. The summed E-state index contributed by atoms with van der Waals surface area (Å²) in [6.45, 7) is 0.687. The normalized spacial score (nSPS) is 16.3. The topological polar surface area (TPSA) is 70.0 Å². The zero-order valence-electron chi connectivity index (χ0n) is 13.7. The lowest BCUT2D eigenvalue weighted by atomic mass is 9.90. The van der Waals surface area contributed by atoms with Gasteiger partial charge in [0.2, 0.25) is 5.88 Å². The molecule has 0 saturated carbocycles. The van der Waals surface area contributed by atoms with Gasteiger partial charge in [-0.25, -0.2) is 4.39 Å². The number of rotatable bonds is 2. The van der Waals surface area contributed by atoms with Crippen molar-refractivity contribution < 1.29 is 9.50 Å². The molecule has 4 rings (SSSR count). The second kappa shape index (κ2) is 6.51. The molecule has 0 fully saturated rings. The van der Waals surface area contributed by atoms with Gasteiger partial charge in [-0.2, -0.15) is 0 Å². The second-order valence-electron chi connectivity index (χ2n) is 6.14. The Kier molecular flexibility index (Phi) is 4.18. The van der Waals surface area contributed by atoms with Crippen molar-refractivity contribution in [3.05, 3.63) is 86.2 Å². The number of halogens is 1. The van der Waals surface area contributed by atoms with Crippen LogP contribution in [0, 0.1) is 10.6 Å². The number of aromatic nitrogens is 2. The molecule has 0 unspecified atom stereocenters. The third kappa shape index (κ3) is 2.75. The fourth-order valence-electron chi connectivity index (χ4n) is 3.39. The number of fused-ring (bicyclic) bond motifs is 1. The van der Waals surface area contributed by atoms with Crippen molar-refractivity contribution in [3.8, 4) is 11.6 Å². The zero-order valence-corrected chi connectivity index (χ0v) is 14.5. The second-order valence-corrected chi connectivity index (χ2v) is 6.53. The molecular weight excluding hydrogens is 353 g/mol. The Morgan fingerprint density at radius 1 is 1.15 bits per heavy atom. The van der Waals surface area contributed by atoms with Crippen molar-refractivity contribution in [2.75, 3.05) is 6.54 Å². The molecule has 3 N–H and O–H groups in total. The van der Waals surface area contributed by atoms with Gasteiger partial charge in [0, 0.05) is 6.54 Å². The highest BCUT2D eigenvalue weighted by atomic mass is 32.1. The molecule has 0 bridgehead atoms. The van der Waals surface area contributed by atoms with E-state index >= 15 is 0 Å². The van der Waals surface area contributed by atoms with Crippen molar-refractivity contribution >= 4 is 12.2 Å². The first-order valence-corrected chi connectivity index (χ1v) is 8.62. The van der Waals surface area contributed by atoms with E-state index in [-0.39, 0.29) is 16.2 Å². The lowest BCUT2D eigenvalue weighted by molar-refractivity contribution is 0.413. The quantitative estimate of drug-likeness (QED) is 0.608. The number of aromatic amines is 1. The molecule has 0 saturated heterocycles. The molecule has 132 valence electrons. The average Bonchev–Trinajstić information content (AvgIpc) is 2.63. The number of nitrogens with zero attached hydrogens (tertiary/aromatic N) is 1. The minimum absolute atomic E-state index is 0.0481. The molecular formula is C19H16FN3O2S. The van der Waals surface area contributed by atoms with E-state index in [4.69, 9.17) is 12.2 Å². The predicted octanol–water partition coefficient (Wildman–Crippen LogP) is 2.97. The third-order valence-electron chi connectivity index (χ3n) is 4.60. The van der Waals surface area contributed by atoms with Gasteiger partial charge in [-0.3, -0.25) is 14.3 Å². The van der Waals surface area contributed by atoms with Gasteiger partial charge in [0.1, 0.15) is 5.82 Å². The van der Waals surface area contributed by atoms with Crippen LogP contribution < -0.4 is 10.9 Å². The van der Waals surface area contributed by atoms with Crippen LogP contribution in [-0.2, 0) is 6.42 Å². The maximum absolute atomic E-state index is 13.2. The summed E-state index contributed by atoms with van der Waals surface area (Å²) in [4.78, 5) is 15.2. The summed E-state index contributed by atoms with van der Waals surface area (Å²) < 4.78 is 14.6. The molecule has 26 heavy (non-hydrogen) atoms. The maximum Gasteiger partial charge on any atom is 0.260 e. The van der Waals surface area contributed by atoms with Crippen molar-refractivity contribution in [3.63, 3.8) is 0 Å². The van der Waals surface area contributed by atoms with E-state index in [1.807, 2.05) is 24.3 Å². The molecule has 1 aliphatic heterocycles. The number of nitrogens with one attached hydrogen (secondary N) is 2. The van der Waals surface area contributed by atoms with E-state index < -0.39 is 17.4 Å². The summed E-state index contributed by atoms with van der Waals surface area (Å²) in [5.41, 5.74) is 2.29. The van der Waals surface area contributed by atoms with Gasteiger partial charge in [-0.15, -0.1) is 0 Å². The first kappa shape index (κ1) is 16.7. The molecule has 0 spiro atoms. The fourth-order valence-corrected chi connectivity index (χ4v) is 3.68. The molecule has 1 aliphatic rings. The van der Waals surface area contributed by atoms with Crippen LogP contribution in [0.2, 0.25) is 0 Å². The van der Waals surface area contributed by atoms with Crippen molar-refractivity contribution in [1.82, 2.24) is 14.9 Å². The van der Waals surface area contributed by atoms with E-state index in [1.54, 1.807) is 0 Å². The van der Waals surface area contributed by atoms with Crippen LogP contribution in [0.1, 0.15) is 22.7 Å². The molecule has 0 aliphatic carbocycles. The monoisotopic (exact) mass is 369 g/mol. The van der Waals surface area contributed by atoms with Crippen molar-refractivity contribution in [1.29, 1.82) is 0 Å². The Morgan fingerprint density at radius 2 is 1.88 bits per heavy atom. The van der Waals surface area contributed by atoms with Gasteiger partial charge in [0.05, 0.1) is 17.3 Å². The van der Waals surface area contributed by atoms with E-state index in [2.05, 4.69) is 10.3 Å². The third-order valence-corrected chi connectivity index (χ3v) is 4.89. The minimum Gasteiger partial charge on any atom is -0.494 e. The maximum atomic E-state index is 13.2.